The molecule has 0 unspecified atom stereocenters. The van der Waals surface area contributed by atoms with Crippen molar-refractivity contribution in [1.82, 2.24) is 10.2 Å². The van der Waals surface area contributed by atoms with Crippen molar-refractivity contribution in [2.75, 3.05) is 54.5 Å². The second-order valence-electron chi connectivity index (χ2n) is 7.66. The summed E-state index contributed by atoms with van der Waals surface area (Å²) >= 11 is 0. The number of nitrogens with one attached hydrogen (secondary N) is 2. The number of carbonyl (C=O) groups excluding carboxylic acids is 2. The van der Waals surface area contributed by atoms with Crippen LogP contribution in [-0.4, -0.2) is 83.0 Å². The minimum Gasteiger partial charge on any atom is -0.322 e. The van der Waals surface area contributed by atoms with Crippen LogP contribution in [0.1, 0.15) is 0 Å². The SMILES string of the molecule is O=C(Nc1cccc(F)c1)N1CCS(=O)(=O)CC1.O=C=Nc1cccc(F)c1.O=S1(=O)CCNCC1. The van der Waals surface area contributed by atoms with Gasteiger partial charge in [0.25, 0.3) is 0 Å². The topological polar surface area (TPSA) is 142 Å². The Morgan fingerprint density at radius 2 is 1.44 bits per heavy atom. The lowest BCUT2D eigenvalue weighted by molar-refractivity contribution is 0.216. The molecular weight excluding hydrogens is 518 g/mol. The van der Waals surface area contributed by atoms with Crippen LogP contribution in [0.15, 0.2) is 53.5 Å². The van der Waals surface area contributed by atoms with E-state index >= 15 is 0 Å². The Kier molecular flexibility index (Phi) is 11.1. The van der Waals surface area contributed by atoms with Crippen LogP contribution >= 0.6 is 0 Å². The summed E-state index contributed by atoms with van der Waals surface area (Å²) in [4.78, 5) is 26.1. The number of urea groups is 1. The van der Waals surface area contributed by atoms with E-state index in [1.807, 2.05) is 0 Å². The molecular formula is C22H26F2N4O6S2. The standard InChI is InChI=1S/C11H13FN2O3S.C7H4FNO.C4H9NO2S/c12-9-2-1-3-10(8-9)13-11(15)14-4-6-18(16,17)7-5-14;8-6-2-1-3-7(4-6)9-5-10;6-8(7)3-1-5-2-4-8/h1-3,8H,4-7H2,(H,13,15);1-4H;5H,1-4H2. The monoisotopic (exact) mass is 544 g/mol. The summed E-state index contributed by atoms with van der Waals surface area (Å²) in [7, 11) is -5.66. The summed E-state index contributed by atoms with van der Waals surface area (Å²) < 4.78 is 68.9. The molecule has 10 nitrogen and oxygen atoms in total. The van der Waals surface area contributed by atoms with Crippen molar-refractivity contribution in [1.29, 1.82) is 0 Å². The molecule has 4 rings (SSSR count). The van der Waals surface area contributed by atoms with E-state index in [1.165, 1.54) is 47.4 Å². The third-order valence-corrected chi connectivity index (χ3v) is 8.13. The van der Waals surface area contributed by atoms with E-state index in [0.29, 0.717) is 30.3 Å². The van der Waals surface area contributed by atoms with Crippen LogP contribution < -0.4 is 10.6 Å². The van der Waals surface area contributed by atoms with E-state index in [0.717, 1.165) is 6.07 Å². The fourth-order valence-corrected chi connectivity index (χ4v) is 5.28. The highest BCUT2D eigenvalue weighted by Gasteiger charge is 2.24. The molecule has 0 bridgehead atoms. The van der Waals surface area contributed by atoms with Crippen LogP contribution in [0.2, 0.25) is 0 Å². The van der Waals surface area contributed by atoms with E-state index in [9.17, 15) is 35.2 Å². The Balaban J connectivity index is 0.000000213. The molecule has 2 saturated heterocycles. The first-order chi connectivity index (χ1) is 17.0. The highest BCUT2D eigenvalue weighted by molar-refractivity contribution is 7.91. The number of carbonyl (C=O) groups is 1. The summed E-state index contributed by atoms with van der Waals surface area (Å²) in [6.45, 7) is 1.59. The van der Waals surface area contributed by atoms with Gasteiger partial charge in [0.05, 0.1) is 28.7 Å². The van der Waals surface area contributed by atoms with Gasteiger partial charge in [-0.1, -0.05) is 12.1 Å². The lowest BCUT2D eigenvalue weighted by atomic mass is 10.3. The fraction of sp³-hybridized carbons (Fsp3) is 0.364. The second kappa shape index (κ2) is 13.8. The molecule has 36 heavy (non-hydrogen) atoms. The van der Waals surface area contributed by atoms with Crippen LogP contribution in [0.5, 0.6) is 0 Å². The maximum Gasteiger partial charge on any atom is 0.321 e. The van der Waals surface area contributed by atoms with Gasteiger partial charge in [-0.2, -0.15) is 4.99 Å². The number of amides is 2. The van der Waals surface area contributed by atoms with Crippen molar-refractivity contribution >= 4 is 43.2 Å². The number of hydrogen-bond donors (Lipinski definition) is 2. The number of benzene rings is 2. The number of aliphatic imine (C=N–C) groups is 1. The van der Waals surface area contributed by atoms with Gasteiger partial charge in [0.2, 0.25) is 6.08 Å². The zero-order valence-corrected chi connectivity index (χ0v) is 20.8. The molecule has 2 aromatic rings. The van der Waals surface area contributed by atoms with Crippen LogP contribution in [0.3, 0.4) is 0 Å². The Morgan fingerprint density at radius 3 is 1.94 bits per heavy atom. The van der Waals surface area contributed by atoms with Crippen molar-refractivity contribution in [3.8, 4) is 0 Å². The summed E-state index contributed by atoms with van der Waals surface area (Å²) in [6, 6.07) is 10.6. The first-order valence-electron chi connectivity index (χ1n) is 10.8. The number of rotatable bonds is 2. The molecule has 196 valence electrons. The van der Waals surface area contributed by atoms with Gasteiger partial charge in [0.1, 0.15) is 11.6 Å². The zero-order chi connectivity index (χ0) is 26.6. The third-order valence-electron chi connectivity index (χ3n) is 4.87. The number of halogens is 2. The molecule has 0 saturated carbocycles. The molecule has 14 heteroatoms. The van der Waals surface area contributed by atoms with Crippen molar-refractivity contribution in [2.45, 2.75) is 0 Å². The van der Waals surface area contributed by atoms with Crippen LogP contribution in [-0.2, 0) is 24.5 Å². The number of nitrogens with zero attached hydrogens (tertiary/aromatic N) is 2. The van der Waals surface area contributed by atoms with Gasteiger partial charge < -0.3 is 15.5 Å². The van der Waals surface area contributed by atoms with Crippen LogP contribution in [0, 0.1) is 11.6 Å². The molecule has 0 aromatic heterocycles. The van der Waals surface area contributed by atoms with E-state index < -0.39 is 37.3 Å². The smallest absolute Gasteiger partial charge is 0.321 e. The lowest BCUT2D eigenvalue weighted by Gasteiger charge is -2.26. The predicted octanol–water partition coefficient (Wildman–Crippen LogP) is 1.89. The Bertz CT molecular complexity index is 1270. The highest BCUT2D eigenvalue weighted by Crippen LogP contribution is 2.12. The van der Waals surface area contributed by atoms with Crippen LogP contribution in [0.25, 0.3) is 0 Å². The third kappa shape index (κ3) is 11.0. The Labute approximate surface area is 208 Å². The van der Waals surface area contributed by atoms with Gasteiger partial charge in [0.15, 0.2) is 19.7 Å². The van der Waals surface area contributed by atoms with Gasteiger partial charge in [-0.15, -0.1) is 0 Å². The zero-order valence-electron chi connectivity index (χ0n) is 19.2. The summed E-state index contributed by atoms with van der Waals surface area (Å²) in [5.74, 6) is -0.266. The predicted molar refractivity (Wildman–Crippen MR) is 131 cm³/mol. The van der Waals surface area contributed by atoms with Gasteiger partial charge in [-0.05, 0) is 30.3 Å². The summed E-state index contributed by atoms with van der Waals surface area (Å²) in [6.07, 6.45) is 1.32. The van der Waals surface area contributed by atoms with E-state index in [-0.39, 0.29) is 30.3 Å². The van der Waals surface area contributed by atoms with Gasteiger partial charge in [0, 0.05) is 37.9 Å². The molecule has 2 aromatic carbocycles. The van der Waals surface area contributed by atoms with Gasteiger partial charge in [-0.25, -0.2) is 35.2 Å². The number of isocyanates is 1. The number of sulfone groups is 2. The normalized spacial score (nSPS) is 17.7. The average Bonchev–Trinajstić information content (AvgIpc) is 2.80. The quantitative estimate of drug-likeness (QED) is 0.434. The maximum absolute atomic E-state index is 12.9. The van der Waals surface area contributed by atoms with Crippen molar-refractivity contribution < 1.29 is 35.2 Å². The highest BCUT2D eigenvalue weighted by atomic mass is 32.2. The van der Waals surface area contributed by atoms with E-state index in [2.05, 4.69) is 15.6 Å². The first kappa shape index (κ1) is 29.0. The second-order valence-corrected chi connectivity index (χ2v) is 12.3. The van der Waals surface area contributed by atoms with E-state index in [4.69, 9.17) is 0 Å². The number of anilines is 1. The molecule has 2 amide bonds. The van der Waals surface area contributed by atoms with Crippen LogP contribution in [0.4, 0.5) is 25.0 Å². The summed E-state index contributed by atoms with van der Waals surface area (Å²) in [5, 5.41) is 5.49. The minimum absolute atomic E-state index is 0.0242. The van der Waals surface area contributed by atoms with Crippen molar-refractivity contribution in [2.24, 2.45) is 4.99 Å². The van der Waals surface area contributed by atoms with Gasteiger partial charge >= 0.3 is 6.03 Å². The fourth-order valence-electron chi connectivity index (χ4n) is 2.97. The molecule has 2 heterocycles. The molecule has 2 aliphatic rings. The number of hydrogen-bond acceptors (Lipinski definition) is 8. The molecule has 0 radical (unpaired) electrons. The molecule has 2 aliphatic heterocycles. The molecule has 2 N–H and O–H groups in total. The molecule has 0 aliphatic carbocycles. The Hall–Kier alpha value is -3.19. The average molecular weight is 545 g/mol. The molecule has 0 atom stereocenters. The first-order valence-corrected chi connectivity index (χ1v) is 14.4. The molecule has 2 fully saturated rings. The van der Waals surface area contributed by atoms with Crippen molar-refractivity contribution in [3.63, 3.8) is 0 Å². The lowest BCUT2D eigenvalue weighted by Crippen LogP contribution is -2.45. The van der Waals surface area contributed by atoms with Gasteiger partial charge in [-0.3, -0.25) is 0 Å². The maximum atomic E-state index is 12.9. The molecule has 0 spiro atoms. The van der Waals surface area contributed by atoms with E-state index in [1.54, 1.807) is 6.07 Å². The summed E-state index contributed by atoms with van der Waals surface area (Å²) in [5.41, 5.74) is 0.642. The largest absolute Gasteiger partial charge is 0.322 e. The minimum atomic E-state index is -3.01. The Morgan fingerprint density at radius 1 is 0.889 bits per heavy atom. The van der Waals surface area contributed by atoms with Crippen molar-refractivity contribution in [3.05, 3.63) is 60.2 Å².